The van der Waals surface area contributed by atoms with Crippen molar-refractivity contribution >= 4 is 15.9 Å². The molecule has 1 aliphatic rings. The van der Waals surface area contributed by atoms with Crippen LogP contribution in [0.25, 0.3) is 0 Å². The maximum absolute atomic E-state index is 12.5. The van der Waals surface area contributed by atoms with Gasteiger partial charge in [0.05, 0.1) is 11.8 Å². The maximum Gasteiger partial charge on any atom is 0.318 e. The van der Waals surface area contributed by atoms with E-state index < -0.39 is 15.9 Å². The number of sulfone groups is 1. The first-order valence-corrected chi connectivity index (χ1v) is 9.52. The van der Waals surface area contributed by atoms with Crippen LogP contribution in [-0.2, 0) is 9.84 Å². The van der Waals surface area contributed by atoms with Crippen molar-refractivity contribution in [2.45, 2.75) is 45.2 Å². The molecular weight excluding hydrogens is 304 g/mol. The number of carbonyl (C=O) groups excluding carboxylic acids is 1. The monoisotopic (exact) mass is 328 g/mol. The van der Waals surface area contributed by atoms with E-state index in [-0.39, 0.29) is 23.6 Å². The molecular formula is C14H24N4O3S. The van der Waals surface area contributed by atoms with E-state index in [1.165, 1.54) is 0 Å². The molecule has 124 valence electrons. The number of nitrogens with one attached hydrogen (secondary N) is 2. The van der Waals surface area contributed by atoms with Gasteiger partial charge in [-0.15, -0.1) is 0 Å². The smallest absolute Gasteiger partial charge is 0.318 e. The topological polar surface area (TPSA) is 95.2 Å². The fourth-order valence-electron chi connectivity index (χ4n) is 2.75. The maximum atomic E-state index is 12.5. The normalized spacial score (nSPS) is 20.6. The number of urea groups is 1. The van der Waals surface area contributed by atoms with Gasteiger partial charge in [-0.1, -0.05) is 6.92 Å². The van der Waals surface area contributed by atoms with Crippen molar-refractivity contribution < 1.29 is 13.2 Å². The molecule has 0 unspecified atom stereocenters. The van der Waals surface area contributed by atoms with Crippen molar-refractivity contribution in [1.82, 2.24) is 20.2 Å². The van der Waals surface area contributed by atoms with Gasteiger partial charge in [0.25, 0.3) is 0 Å². The molecule has 1 aromatic rings. The Bertz CT molecular complexity index is 585. The van der Waals surface area contributed by atoms with Crippen LogP contribution in [0.1, 0.15) is 45.0 Å². The third-order valence-electron chi connectivity index (χ3n) is 3.91. The Labute approximate surface area is 131 Å². The van der Waals surface area contributed by atoms with E-state index in [0.717, 1.165) is 25.1 Å². The minimum Gasteiger partial charge on any atom is -0.347 e. The number of aromatic amines is 1. The zero-order valence-corrected chi connectivity index (χ0v) is 13.9. The average molecular weight is 328 g/mol. The molecule has 0 aromatic carbocycles. The summed E-state index contributed by atoms with van der Waals surface area (Å²) in [5.74, 6) is 0.837. The Morgan fingerprint density at radius 3 is 2.95 bits per heavy atom. The van der Waals surface area contributed by atoms with Crippen molar-refractivity contribution in [2.75, 3.05) is 18.1 Å². The highest BCUT2D eigenvalue weighted by Crippen LogP contribution is 2.28. The second-order valence-corrected chi connectivity index (χ2v) is 8.13. The Balaban J connectivity index is 2.00. The van der Waals surface area contributed by atoms with E-state index in [9.17, 15) is 13.2 Å². The van der Waals surface area contributed by atoms with Crippen LogP contribution in [0.5, 0.6) is 0 Å². The van der Waals surface area contributed by atoms with Crippen LogP contribution in [-0.4, -0.2) is 53.4 Å². The van der Waals surface area contributed by atoms with Gasteiger partial charge < -0.3 is 15.2 Å². The molecule has 1 fully saturated rings. The van der Waals surface area contributed by atoms with Gasteiger partial charge in [-0.05, 0) is 26.2 Å². The minimum absolute atomic E-state index is 0.0332. The molecule has 2 atom stereocenters. The molecule has 1 aliphatic heterocycles. The van der Waals surface area contributed by atoms with E-state index in [0.29, 0.717) is 6.54 Å². The fraction of sp³-hybridized carbons (Fsp3) is 0.714. The van der Waals surface area contributed by atoms with E-state index >= 15 is 0 Å². The minimum atomic E-state index is -3.10. The molecule has 7 nitrogen and oxygen atoms in total. The van der Waals surface area contributed by atoms with Crippen molar-refractivity contribution in [3.63, 3.8) is 0 Å². The molecule has 2 heterocycles. The molecule has 22 heavy (non-hydrogen) atoms. The molecule has 8 heteroatoms. The summed E-state index contributed by atoms with van der Waals surface area (Å²) < 4.78 is 23.3. The second kappa shape index (κ2) is 7.13. The van der Waals surface area contributed by atoms with Gasteiger partial charge in [0, 0.05) is 30.7 Å². The number of hydrogen-bond acceptors (Lipinski definition) is 4. The molecule has 2 rings (SSSR count). The second-order valence-electron chi connectivity index (χ2n) is 5.73. The Morgan fingerprint density at radius 1 is 1.55 bits per heavy atom. The van der Waals surface area contributed by atoms with Crippen molar-refractivity contribution in [2.24, 2.45) is 0 Å². The summed E-state index contributed by atoms with van der Waals surface area (Å²) in [7, 11) is -3.10. The van der Waals surface area contributed by atoms with Crippen LogP contribution in [0.15, 0.2) is 12.4 Å². The number of H-pyrrole nitrogens is 1. The first-order chi connectivity index (χ1) is 10.4. The Kier molecular flexibility index (Phi) is 5.44. The summed E-state index contributed by atoms with van der Waals surface area (Å²) in [5.41, 5.74) is 0. The first kappa shape index (κ1) is 16.8. The van der Waals surface area contributed by atoms with E-state index in [1.807, 2.05) is 0 Å². The van der Waals surface area contributed by atoms with Gasteiger partial charge in [0.2, 0.25) is 0 Å². The van der Waals surface area contributed by atoms with Crippen LogP contribution < -0.4 is 5.32 Å². The zero-order valence-electron chi connectivity index (χ0n) is 13.1. The molecule has 0 aliphatic carbocycles. The lowest BCUT2D eigenvalue weighted by atomic mass is 10.0. The van der Waals surface area contributed by atoms with Crippen LogP contribution in [0.2, 0.25) is 0 Å². The van der Waals surface area contributed by atoms with Gasteiger partial charge in [0.15, 0.2) is 9.84 Å². The lowest BCUT2D eigenvalue weighted by Gasteiger charge is -2.35. The Morgan fingerprint density at radius 2 is 2.32 bits per heavy atom. The van der Waals surface area contributed by atoms with Gasteiger partial charge >= 0.3 is 6.03 Å². The predicted octanol–water partition coefficient (Wildman–Crippen LogP) is 1.47. The van der Waals surface area contributed by atoms with E-state index in [4.69, 9.17) is 0 Å². The Hall–Kier alpha value is -1.57. The number of hydrogen-bond donors (Lipinski definition) is 2. The van der Waals surface area contributed by atoms with E-state index in [2.05, 4.69) is 15.3 Å². The van der Waals surface area contributed by atoms with Gasteiger partial charge in [0.1, 0.15) is 5.82 Å². The molecule has 1 saturated heterocycles. The number of nitrogens with zero attached hydrogens (tertiary/aromatic N) is 2. The van der Waals surface area contributed by atoms with Crippen molar-refractivity contribution in [3.8, 4) is 0 Å². The third-order valence-corrected chi connectivity index (χ3v) is 5.80. The van der Waals surface area contributed by atoms with E-state index in [1.54, 1.807) is 31.1 Å². The number of aromatic nitrogens is 2. The number of piperidine rings is 1. The zero-order chi connectivity index (χ0) is 16.2. The predicted molar refractivity (Wildman–Crippen MR) is 84.2 cm³/mol. The molecule has 2 amide bonds. The molecule has 1 aromatic heterocycles. The van der Waals surface area contributed by atoms with Gasteiger partial charge in [-0.3, -0.25) is 0 Å². The molecule has 0 spiro atoms. The van der Waals surface area contributed by atoms with Crippen LogP contribution in [0.4, 0.5) is 4.79 Å². The SMILES string of the molecule is CCS(=O)(=O)C[C@H](C)NC(=O)N1CCCC[C@@H]1c1ncc[nH]1. The summed E-state index contributed by atoms with van der Waals surface area (Å²) in [6.07, 6.45) is 6.29. The van der Waals surface area contributed by atoms with Gasteiger partial charge in [-0.25, -0.2) is 18.2 Å². The lowest BCUT2D eigenvalue weighted by Crippen LogP contribution is -2.49. The average Bonchev–Trinajstić information content (AvgIpc) is 3.00. The summed E-state index contributed by atoms with van der Waals surface area (Å²) in [6.45, 7) is 3.99. The number of imidazole rings is 1. The largest absolute Gasteiger partial charge is 0.347 e. The summed E-state index contributed by atoms with van der Waals surface area (Å²) in [4.78, 5) is 21.5. The summed E-state index contributed by atoms with van der Waals surface area (Å²) in [6, 6.07) is -0.699. The van der Waals surface area contributed by atoms with Crippen molar-refractivity contribution in [3.05, 3.63) is 18.2 Å². The number of likely N-dealkylation sites (tertiary alicyclic amines) is 1. The quantitative estimate of drug-likeness (QED) is 0.855. The van der Waals surface area contributed by atoms with Crippen LogP contribution >= 0.6 is 0 Å². The molecule has 2 N–H and O–H groups in total. The van der Waals surface area contributed by atoms with Crippen LogP contribution in [0, 0.1) is 0 Å². The summed E-state index contributed by atoms with van der Waals surface area (Å²) in [5, 5.41) is 2.80. The number of carbonyl (C=O) groups is 1. The molecule has 0 saturated carbocycles. The fourth-order valence-corrected chi connectivity index (χ4v) is 3.83. The lowest BCUT2D eigenvalue weighted by molar-refractivity contribution is 0.146. The highest BCUT2D eigenvalue weighted by molar-refractivity contribution is 7.91. The standard InChI is InChI=1S/C14H24N4O3S/c1-3-22(20,21)10-11(2)17-14(19)18-9-5-4-6-12(18)13-15-7-8-16-13/h7-8,11-12H,3-6,9-10H2,1-2H3,(H,15,16)(H,17,19)/t11-,12+/m0/s1. The number of amides is 2. The summed E-state index contributed by atoms with van der Waals surface area (Å²) >= 11 is 0. The highest BCUT2D eigenvalue weighted by Gasteiger charge is 2.30. The molecule has 0 bridgehead atoms. The van der Waals surface area contributed by atoms with Gasteiger partial charge in [-0.2, -0.15) is 0 Å². The third kappa shape index (κ3) is 4.22. The first-order valence-electron chi connectivity index (χ1n) is 7.69. The van der Waals surface area contributed by atoms with Crippen LogP contribution in [0.3, 0.4) is 0 Å². The van der Waals surface area contributed by atoms with Crippen molar-refractivity contribution in [1.29, 1.82) is 0 Å². The highest BCUT2D eigenvalue weighted by atomic mass is 32.2. The molecule has 0 radical (unpaired) electrons. The number of rotatable bonds is 5.